The highest BCUT2D eigenvalue weighted by Gasteiger charge is 2.35. The van der Waals surface area contributed by atoms with Crippen molar-refractivity contribution in [3.05, 3.63) is 30.4 Å². The Morgan fingerprint density at radius 3 is 3.19 bits per heavy atom. The lowest BCUT2D eigenvalue weighted by atomic mass is 9.76. The second-order valence-corrected chi connectivity index (χ2v) is 6.10. The molecule has 2 heterocycles. The first kappa shape index (κ1) is 14.0. The van der Waals surface area contributed by atoms with Gasteiger partial charge >= 0.3 is 0 Å². The predicted molar refractivity (Wildman–Crippen MR) is 79.9 cm³/mol. The van der Waals surface area contributed by atoms with Crippen LogP contribution in [0.1, 0.15) is 43.0 Å². The predicted octanol–water partition coefficient (Wildman–Crippen LogP) is 1.37. The minimum Gasteiger partial charge on any atom is -0.345 e. The lowest BCUT2D eigenvalue weighted by molar-refractivity contribution is 0.0855. The quantitative estimate of drug-likeness (QED) is 0.892. The van der Waals surface area contributed by atoms with Gasteiger partial charge in [0.15, 0.2) is 0 Å². The molecule has 6 nitrogen and oxygen atoms in total. The molecule has 3 N–H and O–H groups in total. The third-order valence-electron chi connectivity index (χ3n) is 4.43. The highest BCUT2D eigenvalue weighted by molar-refractivity contribution is 6.00. The maximum absolute atomic E-state index is 12.6. The maximum Gasteiger partial charge on any atom is 0.255 e. The van der Waals surface area contributed by atoms with E-state index in [4.69, 9.17) is 5.73 Å². The summed E-state index contributed by atoms with van der Waals surface area (Å²) in [6.45, 7) is 2.69. The smallest absolute Gasteiger partial charge is 0.255 e. The fourth-order valence-electron chi connectivity index (χ4n) is 3.33. The molecule has 1 aliphatic carbocycles. The van der Waals surface area contributed by atoms with E-state index in [2.05, 4.69) is 22.3 Å². The Balaban J connectivity index is 1.85. The maximum atomic E-state index is 12.6. The molecule has 112 valence electrons. The van der Waals surface area contributed by atoms with E-state index < -0.39 is 0 Å². The first-order chi connectivity index (χ1) is 10.1. The molecule has 1 amide bonds. The Hall–Kier alpha value is -1.95. The SMILES string of the molecule is CC1CCCC(CN)(NC(=O)c2cnn3ccncc23)C1. The van der Waals surface area contributed by atoms with Crippen molar-refractivity contribution < 1.29 is 4.79 Å². The van der Waals surface area contributed by atoms with Gasteiger partial charge in [-0.2, -0.15) is 5.10 Å². The molecule has 2 atom stereocenters. The van der Waals surface area contributed by atoms with Gasteiger partial charge < -0.3 is 11.1 Å². The lowest BCUT2D eigenvalue weighted by Crippen LogP contribution is -2.56. The van der Waals surface area contributed by atoms with Gasteiger partial charge in [0.05, 0.1) is 29.0 Å². The highest BCUT2D eigenvalue weighted by Crippen LogP contribution is 2.32. The van der Waals surface area contributed by atoms with Gasteiger partial charge in [0, 0.05) is 18.9 Å². The molecule has 0 spiro atoms. The number of amides is 1. The van der Waals surface area contributed by atoms with Crippen molar-refractivity contribution in [2.75, 3.05) is 6.54 Å². The van der Waals surface area contributed by atoms with Gasteiger partial charge in [-0.25, -0.2) is 4.52 Å². The van der Waals surface area contributed by atoms with E-state index in [0.717, 1.165) is 19.3 Å². The molecule has 0 saturated heterocycles. The molecule has 2 unspecified atom stereocenters. The van der Waals surface area contributed by atoms with Crippen molar-refractivity contribution in [1.82, 2.24) is 19.9 Å². The molecule has 1 saturated carbocycles. The summed E-state index contributed by atoms with van der Waals surface area (Å²) in [7, 11) is 0. The van der Waals surface area contributed by atoms with Crippen LogP contribution >= 0.6 is 0 Å². The zero-order valence-corrected chi connectivity index (χ0v) is 12.2. The number of hydrogen-bond donors (Lipinski definition) is 2. The van der Waals surface area contributed by atoms with Crippen molar-refractivity contribution >= 4 is 11.4 Å². The molecule has 2 aromatic rings. The first-order valence-corrected chi connectivity index (χ1v) is 7.43. The molecule has 0 bridgehead atoms. The third-order valence-corrected chi connectivity index (χ3v) is 4.43. The molecule has 0 aromatic carbocycles. The van der Waals surface area contributed by atoms with Gasteiger partial charge in [0.1, 0.15) is 0 Å². The van der Waals surface area contributed by atoms with Crippen LogP contribution in [0.2, 0.25) is 0 Å². The number of hydrogen-bond acceptors (Lipinski definition) is 4. The Morgan fingerprint density at radius 1 is 1.57 bits per heavy atom. The van der Waals surface area contributed by atoms with Crippen LogP contribution in [0.25, 0.3) is 5.52 Å². The van der Waals surface area contributed by atoms with Crippen LogP contribution < -0.4 is 11.1 Å². The van der Waals surface area contributed by atoms with Crippen molar-refractivity contribution in [3.8, 4) is 0 Å². The van der Waals surface area contributed by atoms with Crippen LogP contribution in [0.5, 0.6) is 0 Å². The molecule has 1 fully saturated rings. The van der Waals surface area contributed by atoms with Crippen molar-refractivity contribution in [3.63, 3.8) is 0 Å². The van der Waals surface area contributed by atoms with E-state index in [-0.39, 0.29) is 11.4 Å². The van der Waals surface area contributed by atoms with Gasteiger partial charge in [0.25, 0.3) is 5.91 Å². The lowest BCUT2D eigenvalue weighted by Gasteiger charge is -2.39. The number of nitrogens with zero attached hydrogens (tertiary/aromatic N) is 3. The molecule has 0 radical (unpaired) electrons. The normalized spacial score (nSPS) is 25.9. The standard InChI is InChI=1S/C15H21N5O/c1-11-3-2-4-15(7-11,10-16)19-14(21)12-8-18-20-6-5-17-9-13(12)20/h5-6,8-9,11H,2-4,7,10,16H2,1H3,(H,19,21). The van der Waals surface area contributed by atoms with Gasteiger partial charge in [-0.05, 0) is 18.8 Å². The van der Waals surface area contributed by atoms with Crippen molar-refractivity contribution in [2.24, 2.45) is 11.7 Å². The van der Waals surface area contributed by atoms with E-state index in [1.54, 1.807) is 29.3 Å². The largest absolute Gasteiger partial charge is 0.345 e. The Morgan fingerprint density at radius 2 is 2.43 bits per heavy atom. The number of fused-ring (bicyclic) bond motifs is 1. The van der Waals surface area contributed by atoms with E-state index in [1.807, 2.05) is 0 Å². The van der Waals surface area contributed by atoms with E-state index in [9.17, 15) is 4.79 Å². The second-order valence-electron chi connectivity index (χ2n) is 6.10. The zero-order chi connectivity index (χ0) is 14.9. The fraction of sp³-hybridized carbons (Fsp3) is 0.533. The van der Waals surface area contributed by atoms with Gasteiger partial charge in [-0.15, -0.1) is 0 Å². The summed E-state index contributed by atoms with van der Waals surface area (Å²) in [6, 6.07) is 0. The summed E-state index contributed by atoms with van der Waals surface area (Å²) >= 11 is 0. The number of carbonyl (C=O) groups excluding carboxylic acids is 1. The highest BCUT2D eigenvalue weighted by atomic mass is 16.1. The number of nitrogens with two attached hydrogens (primary N) is 1. The second kappa shape index (κ2) is 5.44. The number of aromatic nitrogens is 3. The van der Waals surface area contributed by atoms with Crippen LogP contribution in [-0.2, 0) is 0 Å². The third kappa shape index (κ3) is 2.63. The average Bonchev–Trinajstić information content (AvgIpc) is 2.91. The van der Waals surface area contributed by atoms with Gasteiger partial charge in [-0.1, -0.05) is 19.8 Å². The van der Waals surface area contributed by atoms with Crippen molar-refractivity contribution in [2.45, 2.75) is 38.1 Å². The number of carbonyl (C=O) groups is 1. The minimum absolute atomic E-state index is 0.113. The molecular weight excluding hydrogens is 266 g/mol. The first-order valence-electron chi connectivity index (χ1n) is 7.43. The van der Waals surface area contributed by atoms with Gasteiger partial charge in [0.2, 0.25) is 0 Å². The van der Waals surface area contributed by atoms with Crippen LogP contribution in [0.3, 0.4) is 0 Å². The summed E-state index contributed by atoms with van der Waals surface area (Å²) < 4.78 is 1.65. The Bertz CT molecular complexity index is 652. The monoisotopic (exact) mass is 287 g/mol. The number of nitrogens with one attached hydrogen (secondary N) is 1. The summed E-state index contributed by atoms with van der Waals surface area (Å²) in [6.07, 6.45) is 10.8. The topological polar surface area (TPSA) is 85.3 Å². The molecule has 0 aliphatic heterocycles. The van der Waals surface area contributed by atoms with E-state index >= 15 is 0 Å². The molecular formula is C15H21N5O. The fourth-order valence-corrected chi connectivity index (χ4v) is 3.33. The molecule has 1 aliphatic rings. The summed E-state index contributed by atoms with van der Waals surface area (Å²) in [5, 5.41) is 7.34. The molecule has 3 rings (SSSR count). The molecule has 21 heavy (non-hydrogen) atoms. The van der Waals surface area contributed by atoms with Crippen molar-refractivity contribution in [1.29, 1.82) is 0 Å². The average molecular weight is 287 g/mol. The minimum atomic E-state index is -0.286. The van der Waals surface area contributed by atoms with Crippen LogP contribution in [0, 0.1) is 5.92 Å². The molecule has 2 aromatic heterocycles. The summed E-state index contributed by atoms with van der Waals surface area (Å²) in [5.41, 5.74) is 6.94. The summed E-state index contributed by atoms with van der Waals surface area (Å²) in [5.74, 6) is 0.478. The number of rotatable bonds is 3. The Labute approximate surface area is 123 Å². The summed E-state index contributed by atoms with van der Waals surface area (Å²) in [4.78, 5) is 16.7. The van der Waals surface area contributed by atoms with E-state index in [1.165, 1.54) is 6.42 Å². The van der Waals surface area contributed by atoms with Gasteiger partial charge in [-0.3, -0.25) is 9.78 Å². The van der Waals surface area contributed by atoms with Crippen LogP contribution in [0.4, 0.5) is 0 Å². The van der Waals surface area contributed by atoms with Crippen LogP contribution in [-0.4, -0.2) is 32.6 Å². The van der Waals surface area contributed by atoms with Crippen LogP contribution in [0.15, 0.2) is 24.8 Å². The zero-order valence-electron chi connectivity index (χ0n) is 12.2. The Kier molecular flexibility index (Phi) is 3.63. The van der Waals surface area contributed by atoms with E-state index in [0.29, 0.717) is 23.5 Å². The molecule has 6 heteroatoms.